The van der Waals surface area contributed by atoms with Crippen LogP contribution in [0.3, 0.4) is 0 Å². The molecule has 0 atom stereocenters. The number of carbonyl (C=O) groups is 1. The molecular formula is C17H19Cl2N5O. The van der Waals surface area contributed by atoms with Crippen LogP contribution in [0.1, 0.15) is 16.2 Å². The van der Waals surface area contributed by atoms with Gasteiger partial charge in [-0.05, 0) is 32.2 Å². The Kier molecular flexibility index (Phi) is 5.42. The lowest BCUT2D eigenvalue weighted by atomic mass is 10.2. The fourth-order valence-electron chi connectivity index (χ4n) is 2.63. The zero-order valence-electron chi connectivity index (χ0n) is 14.1. The van der Waals surface area contributed by atoms with Crippen molar-refractivity contribution in [1.29, 1.82) is 0 Å². The number of nitrogens with zero attached hydrogens (tertiary/aromatic N) is 4. The van der Waals surface area contributed by atoms with E-state index < -0.39 is 0 Å². The van der Waals surface area contributed by atoms with E-state index >= 15 is 0 Å². The van der Waals surface area contributed by atoms with Gasteiger partial charge in [-0.15, -0.1) is 0 Å². The molecule has 0 saturated carbocycles. The van der Waals surface area contributed by atoms with Crippen LogP contribution >= 0.6 is 23.2 Å². The first-order valence-corrected chi connectivity index (χ1v) is 8.74. The minimum absolute atomic E-state index is 0.0908. The fourth-order valence-corrected chi connectivity index (χ4v) is 3.13. The Morgan fingerprint density at radius 2 is 1.76 bits per heavy atom. The third kappa shape index (κ3) is 4.21. The molecule has 2 aromatic rings. The number of hydrogen-bond acceptors (Lipinski definition) is 5. The van der Waals surface area contributed by atoms with Crippen molar-refractivity contribution in [3.05, 3.63) is 45.7 Å². The van der Waals surface area contributed by atoms with Crippen LogP contribution in [0.5, 0.6) is 0 Å². The molecule has 2 heterocycles. The smallest absolute Gasteiger partial charge is 0.272 e. The summed E-state index contributed by atoms with van der Waals surface area (Å²) in [6.45, 7) is 4.92. The van der Waals surface area contributed by atoms with E-state index in [0.29, 0.717) is 46.2 Å². The third-order valence-corrected chi connectivity index (χ3v) is 4.69. The van der Waals surface area contributed by atoms with Gasteiger partial charge in [0.05, 0.1) is 15.7 Å². The maximum absolute atomic E-state index is 12.7. The number of amides is 1. The number of likely N-dealkylation sites (N-methyl/N-ethyl adjacent to an activating group) is 1. The summed E-state index contributed by atoms with van der Waals surface area (Å²) in [5, 5.41) is 3.95. The van der Waals surface area contributed by atoms with E-state index in [1.807, 2.05) is 18.9 Å². The van der Waals surface area contributed by atoms with Gasteiger partial charge in [0.1, 0.15) is 5.69 Å². The highest BCUT2D eigenvalue weighted by Gasteiger charge is 2.22. The maximum Gasteiger partial charge on any atom is 0.272 e. The van der Waals surface area contributed by atoms with Crippen molar-refractivity contribution < 1.29 is 4.79 Å². The molecule has 132 valence electrons. The first-order valence-electron chi connectivity index (χ1n) is 7.98. The van der Waals surface area contributed by atoms with E-state index in [1.54, 1.807) is 24.3 Å². The van der Waals surface area contributed by atoms with Crippen molar-refractivity contribution in [2.24, 2.45) is 0 Å². The van der Waals surface area contributed by atoms with Crippen LogP contribution in [0.4, 0.5) is 11.6 Å². The minimum atomic E-state index is -0.0908. The number of nitrogens with one attached hydrogen (secondary N) is 1. The summed E-state index contributed by atoms with van der Waals surface area (Å²) < 4.78 is 0. The molecule has 0 aliphatic carbocycles. The number of para-hydroxylation sites is 1. The topological polar surface area (TPSA) is 61.4 Å². The van der Waals surface area contributed by atoms with E-state index in [4.69, 9.17) is 23.2 Å². The van der Waals surface area contributed by atoms with Gasteiger partial charge in [0.2, 0.25) is 5.95 Å². The Labute approximate surface area is 156 Å². The number of piperazine rings is 1. The summed E-state index contributed by atoms with van der Waals surface area (Å²) in [5.41, 5.74) is 1.58. The van der Waals surface area contributed by atoms with Crippen LogP contribution in [0.25, 0.3) is 0 Å². The number of carbonyl (C=O) groups excluding carboxylic acids is 1. The Morgan fingerprint density at radius 3 is 2.40 bits per heavy atom. The van der Waals surface area contributed by atoms with Crippen molar-refractivity contribution in [2.45, 2.75) is 6.92 Å². The van der Waals surface area contributed by atoms with Crippen LogP contribution in [0, 0.1) is 6.92 Å². The molecule has 1 aliphatic heterocycles. The number of rotatable bonds is 3. The number of benzene rings is 1. The Hall–Kier alpha value is -1.89. The highest BCUT2D eigenvalue weighted by atomic mass is 35.5. The molecule has 0 bridgehead atoms. The van der Waals surface area contributed by atoms with Crippen molar-refractivity contribution in [1.82, 2.24) is 19.8 Å². The largest absolute Gasteiger partial charge is 0.335 e. The van der Waals surface area contributed by atoms with Gasteiger partial charge in [-0.3, -0.25) is 4.79 Å². The second kappa shape index (κ2) is 7.56. The second-order valence-corrected chi connectivity index (χ2v) is 6.85. The van der Waals surface area contributed by atoms with E-state index in [2.05, 4.69) is 20.2 Å². The minimum Gasteiger partial charge on any atom is -0.335 e. The molecule has 0 radical (unpaired) electrons. The zero-order chi connectivity index (χ0) is 18.0. The Bertz CT molecular complexity index is 770. The number of aryl methyl sites for hydroxylation is 1. The molecule has 1 saturated heterocycles. The molecule has 3 rings (SSSR count). The normalized spacial score (nSPS) is 15.3. The highest BCUT2D eigenvalue weighted by Crippen LogP contribution is 2.31. The fraction of sp³-hybridized carbons (Fsp3) is 0.353. The molecule has 0 unspecified atom stereocenters. The lowest BCUT2D eigenvalue weighted by Crippen LogP contribution is -2.47. The molecule has 8 heteroatoms. The molecule has 1 aliphatic rings. The van der Waals surface area contributed by atoms with Crippen LogP contribution in [-0.4, -0.2) is 58.9 Å². The summed E-state index contributed by atoms with van der Waals surface area (Å²) in [4.78, 5) is 25.4. The SMILES string of the molecule is Cc1cc(C(=O)N2CCN(C)CC2)nc(Nc2c(Cl)cccc2Cl)n1. The predicted octanol–water partition coefficient (Wildman–Crippen LogP) is 3.22. The Balaban J connectivity index is 1.84. The highest BCUT2D eigenvalue weighted by molar-refractivity contribution is 6.39. The quantitative estimate of drug-likeness (QED) is 0.886. The van der Waals surface area contributed by atoms with E-state index in [0.717, 1.165) is 13.1 Å². The van der Waals surface area contributed by atoms with E-state index in [1.165, 1.54) is 0 Å². The lowest BCUT2D eigenvalue weighted by molar-refractivity contribution is 0.0658. The average Bonchev–Trinajstić information content (AvgIpc) is 2.58. The van der Waals surface area contributed by atoms with Crippen molar-refractivity contribution in [2.75, 3.05) is 38.5 Å². The molecule has 1 N–H and O–H groups in total. The molecule has 1 aromatic heterocycles. The molecule has 1 amide bonds. The lowest BCUT2D eigenvalue weighted by Gasteiger charge is -2.32. The summed E-state index contributed by atoms with van der Waals surface area (Å²) in [7, 11) is 2.05. The number of anilines is 2. The molecular weight excluding hydrogens is 361 g/mol. The third-order valence-electron chi connectivity index (χ3n) is 4.06. The van der Waals surface area contributed by atoms with Gasteiger partial charge in [0.15, 0.2) is 0 Å². The standard InChI is InChI=1S/C17H19Cl2N5O/c1-11-10-14(16(25)24-8-6-23(2)7-9-24)21-17(20-11)22-15-12(18)4-3-5-13(15)19/h3-5,10H,6-9H2,1-2H3,(H,20,21,22). The zero-order valence-corrected chi connectivity index (χ0v) is 15.6. The second-order valence-electron chi connectivity index (χ2n) is 6.04. The predicted molar refractivity (Wildman–Crippen MR) is 99.9 cm³/mol. The van der Waals surface area contributed by atoms with Crippen molar-refractivity contribution in [3.8, 4) is 0 Å². The van der Waals surface area contributed by atoms with Crippen LogP contribution in [-0.2, 0) is 0 Å². The summed E-state index contributed by atoms with van der Waals surface area (Å²) in [5.74, 6) is 0.208. The maximum atomic E-state index is 12.7. The monoisotopic (exact) mass is 379 g/mol. The van der Waals surface area contributed by atoms with E-state index in [9.17, 15) is 4.79 Å². The number of aromatic nitrogens is 2. The molecule has 1 aromatic carbocycles. The van der Waals surface area contributed by atoms with Gasteiger partial charge in [0, 0.05) is 31.9 Å². The van der Waals surface area contributed by atoms with Gasteiger partial charge in [-0.2, -0.15) is 0 Å². The number of halogens is 2. The van der Waals surface area contributed by atoms with E-state index in [-0.39, 0.29) is 5.91 Å². The van der Waals surface area contributed by atoms with Crippen LogP contribution in [0.2, 0.25) is 10.0 Å². The number of hydrogen-bond donors (Lipinski definition) is 1. The van der Waals surface area contributed by atoms with Crippen molar-refractivity contribution >= 4 is 40.7 Å². The first-order chi connectivity index (χ1) is 11.9. The van der Waals surface area contributed by atoms with Crippen LogP contribution in [0.15, 0.2) is 24.3 Å². The molecule has 1 fully saturated rings. The van der Waals surface area contributed by atoms with Gasteiger partial charge in [-0.1, -0.05) is 29.3 Å². The summed E-state index contributed by atoms with van der Waals surface area (Å²) in [6.07, 6.45) is 0. The molecule has 0 spiro atoms. The summed E-state index contributed by atoms with van der Waals surface area (Å²) >= 11 is 12.3. The van der Waals surface area contributed by atoms with Gasteiger partial charge < -0.3 is 15.1 Å². The molecule has 25 heavy (non-hydrogen) atoms. The Morgan fingerprint density at radius 1 is 1.12 bits per heavy atom. The van der Waals surface area contributed by atoms with Gasteiger partial charge in [-0.25, -0.2) is 9.97 Å². The van der Waals surface area contributed by atoms with Gasteiger partial charge in [0.25, 0.3) is 5.91 Å². The summed E-state index contributed by atoms with van der Waals surface area (Å²) in [6, 6.07) is 6.90. The first kappa shape index (κ1) is 17.9. The van der Waals surface area contributed by atoms with Crippen LogP contribution < -0.4 is 5.32 Å². The van der Waals surface area contributed by atoms with Gasteiger partial charge >= 0.3 is 0 Å². The average molecular weight is 380 g/mol. The van der Waals surface area contributed by atoms with Crippen molar-refractivity contribution in [3.63, 3.8) is 0 Å². The molecule has 6 nitrogen and oxygen atoms in total.